The standard InChI is InChI=1S/C19H25N3O2/c1-3-17-20-16-11-7-5-9-14(16)19(24)22(17)12-18(23)21-15-10-6-4-8-13(15)2/h5,7,9,11,13,15H,3-4,6,8,10,12H2,1-2H3,(H,21,23). The van der Waals surface area contributed by atoms with Crippen molar-refractivity contribution in [3.8, 4) is 0 Å². The van der Waals surface area contributed by atoms with E-state index >= 15 is 0 Å². The molecular weight excluding hydrogens is 302 g/mol. The van der Waals surface area contributed by atoms with Crippen molar-refractivity contribution in [3.63, 3.8) is 0 Å². The van der Waals surface area contributed by atoms with Crippen molar-refractivity contribution < 1.29 is 4.79 Å². The van der Waals surface area contributed by atoms with Crippen LogP contribution in [-0.2, 0) is 17.8 Å². The van der Waals surface area contributed by atoms with E-state index in [-0.39, 0.29) is 24.1 Å². The summed E-state index contributed by atoms with van der Waals surface area (Å²) in [5.74, 6) is 1.06. The molecule has 5 heteroatoms. The van der Waals surface area contributed by atoms with Gasteiger partial charge in [0.05, 0.1) is 10.9 Å². The maximum absolute atomic E-state index is 12.7. The third-order valence-electron chi connectivity index (χ3n) is 5.02. The van der Waals surface area contributed by atoms with Crippen molar-refractivity contribution in [1.82, 2.24) is 14.9 Å². The zero-order valence-electron chi connectivity index (χ0n) is 14.4. The first-order chi connectivity index (χ1) is 11.6. The molecule has 1 aliphatic carbocycles. The first kappa shape index (κ1) is 16.7. The minimum atomic E-state index is -0.135. The number of rotatable bonds is 4. The molecule has 3 rings (SSSR count). The average Bonchev–Trinajstić information content (AvgIpc) is 2.59. The van der Waals surface area contributed by atoms with Gasteiger partial charge in [-0.3, -0.25) is 14.2 Å². The summed E-state index contributed by atoms with van der Waals surface area (Å²) in [7, 11) is 0. The third-order valence-corrected chi connectivity index (χ3v) is 5.02. The third kappa shape index (κ3) is 3.35. The van der Waals surface area contributed by atoms with Crippen LogP contribution in [0.1, 0.15) is 45.4 Å². The van der Waals surface area contributed by atoms with E-state index in [4.69, 9.17) is 0 Å². The Balaban J connectivity index is 1.84. The largest absolute Gasteiger partial charge is 0.352 e. The van der Waals surface area contributed by atoms with Gasteiger partial charge in [0.1, 0.15) is 12.4 Å². The lowest BCUT2D eigenvalue weighted by Gasteiger charge is -2.29. The molecule has 2 unspecified atom stereocenters. The van der Waals surface area contributed by atoms with Crippen LogP contribution in [0.5, 0.6) is 0 Å². The number of nitrogens with zero attached hydrogens (tertiary/aromatic N) is 2. The number of benzene rings is 1. The van der Waals surface area contributed by atoms with Crippen LogP contribution in [0, 0.1) is 5.92 Å². The Bertz CT molecular complexity index is 797. The number of hydrogen-bond donors (Lipinski definition) is 1. The van der Waals surface area contributed by atoms with Crippen LogP contribution >= 0.6 is 0 Å². The maximum atomic E-state index is 12.7. The molecule has 5 nitrogen and oxygen atoms in total. The molecule has 0 aliphatic heterocycles. The Morgan fingerprint density at radius 2 is 2.04 bits per heavy atom. The van der Waals surface area contributed by atoms with Crippen LogP contribution in [-0.4, -0.2) is 21.5 Å². The van der Waals surface area contributed by atoms with Gasteiger partial charge in [0.15, 0.2) is 0 Å². The number of para-hydroxylation sites is 1. The Kier molecular flexibility index (Phi) is 4.97. The summed E-state index contributed by atoms with van der Waals surface area (Å²) >= 11 is 0. The number of aromatic nitrogens is 2. The molecule has 0 bridgehead atoms. The van der Waals surface area contributed by atoms with Crippen LogP contribution in [0.25, 0.3) is 10.9 Å². The number of aryl methyl sites for hydroxylation is 1. The lowest BCUT2D eigenvalue weighted by Crippen LogP contribution is -2.44. The summed E-state index contributed by atoms with van der Waals surface area (Å²) < 4.78 is 1.52. The van der Waals surface area contributed by atoms with Gasteiger partial charge in [0.2, 0.25) is 5.91 Å². The molecule has 0 saturated heterocycles. The van der Waals surface area contributed by atoms with E-state index in [1.54, 1.807) is 6.07 Å². The van der Waals surface area contributed by atoms with Gasteiger partial charge >= 0.3 is 0 Å². The zero-order valence-corrected chi connectivity index (χ0v) is 14.4. The molecule has 24 heavy (non-hydrogen) atoms. The average molecular weight is 327 g/mol. The molecule has 2 atom stereocenters. The van der Waals surface area contributed by atoms with Gasteiger partial charge in [0, 0.05) is 12.5 Å². The predicted octanol–water partition coefficient (Wildman–Crippen LogP) is 2.65. The lowest BCUT2D eigenvalue weighted by molar-refractivity contribution is -0.123. The van der Waals surface area contributed by atoms with E-state index in [2.05, 4.69) is 17.2 Å². The molecule has 1 amide bonds. The van der Waals surface area contributed by atoms with E-state index in [1.807, 2.05) is 25.1 Å². The first-order valence-corrected chi connectivity index (χ1v) is 8.88. The fourth-order valence-electron chi connectivity index (χ4n) is 3.57. The summed E-state index contributed by atoms with van der Waals surface area (Å²) in [6, 6.07) is 7.52. The van der Waals surface area contributed by atoms with E-state index in [9.17, 15) is 9.59 Å². The van der Waals surface area contributed by atoms with E-state index in [1.165, 1.54) is 11.0 Å². The highest BCUT2D eigenvalue weighted by Crippen LogP contribution is 2.23. The monoisotopic (exact) mass is 327 g/mol. The van der Waals surface area contributed by atoms with Crippen LogP contribution in [0.4, 0.5) is 0 Å². The molecule has 0 spiro atoms. The minimum Gasteiger partial charge on any atom is -0.352 e. The van der Waals surface area contributed by atoms with E-state index in [0.29, 0.717) is 29.1 Å². The predicted molar refractivity (Wildman–Crippen MR) is 94.9 cm³/mol. The molecule has 2 aromatic rings. The van der Waals surface area contributed by atoms with Gasteiger partial charge in [-0.1, -0.05) is 38.8 Å². The quantitative estimate of drug-likeness (QED) is 0.939. The number of nitrogens with one attached hydrogen (secondary N) is 1. The molecule has 1 heterocycles. The molecule has 1 N–H and O–H groups in total. The number of carbonyl (C=O) groups is 1. The molecule has 128 valence electrons. The summed E-state index contributed by atoms with van der Waals surface area (Å²) in [6.45, 7) is 4.18. The zero-order chi connectivity index (χ0) is 17.1. The second kappa shape index (κ2) is 7.16. The Morgan fingerprint density at radius 3 is 2.79 bits per heavy atom. The highest BCUT2D eigenvalue weighted by Gasteiger charge is 2.23. The number of fused-ring (bicyclic) bond motifs is 1. The van der Waals surface area contributed by atoms with Crippen molar-refractivity contribution in [3.05, 3.63) is 40.4 Å². The summed E-state index contributed by atoms with van der Waals surface area (Å²) in [5.41, 5.74) is 0.557. The van der Waals surface area contributed by atoms with Crippen LogP contribution in [0.2, 0.25) is 0 Å². The summed E-state index contributed by atoms with van der Waals surface area (Å²) in [5, 5.41) is 3.68. The second-order valence-corrected chi connectivity index (χ2v) is 6.73. The van der Waals surface area contributed by atoms with Crippen LogP contribution < -0.4 is 10.9 Å². The Morgan fingerprint density at radius 1 is 1.29 bits per heavy atom. The summed E-state index contributed by atoms with van der Waals surface area (Å²) in [6.07, 6.45) is 5.20. The maximum Gasteiger partial charge on any atom is 0.261 e. The molecule has 1 aliphatic rings. The molecular formula is C19H25N3O2. The fraction of sp³-hybridized carbons (Fsp3) is 0.526. The van der Waals surface area contributed by atoms with E-state index < -0.39 is 0 Å². The van der Waals surface area contributed by atoms with Crippen LogP contribution in [0.3, 0.4) is 0 Å². The number of amides is 1. The highest BCUT2D eigenvalue weighted by molar-refractivity contribution is 5.79. The van der Waals surface area contributed by atoms with Crippen molar-refractivity contribution in [2.75, 3.05) is 0 Å². The van der Waals surface area contributed by atoms with Crippen molar-refractivity contribution in [2.24, 2.45) is 5.92 Å². The minimum absolute atomic E-state index is 0.0447. The van der Waals surface area contributed by atoms with Crippen molar-refractivity contribution >= 4 is 16.8 Å². The fourth-order valence-corrected chi connectivity index (χ4v) is 3.57. The number of hydrogen-bond acceptors (Lipinski definition) is 3. The smallest absolute Gasteiger partial charge is 0.261 e. The molecule has 0 radical (unpaired) electrons. The van der Waals surface area contributed by atoms with Gasteiger partial charge in [-0.25, -0.2) is 4.98 Å². The van der Waals surface area contributed by atoms with E-state index in [0.717, 1.165) is 19.3 Å². The SMILES string of the molecule is CCc1nc2ccccc2c(=O)n1CC(=O)NC1CCCCC1C. The van der Waals surface area contributed by atoms with Gasteiger partial charge in [0.25, 0.3) is 5.56 Å². The van der Waals surface area contributed by atoms with Gasteiger partial charge in [-0.05, 0) is 30.9 Å². The lowest BCUT2D eigenvalue weighted by atomic mass is 9.86. The topological polar surface area (TPSA) is 64.0 Å². The number of carbonyl (C=O) groups excluding carboxylic acids is 1. The van der Waals surface area contributed by atoms with Crippen LogP contribution in [0.15, 0.2) is 29.1 Å². The highest BCUT2D eigenvalue weighted by atomic mass is 16.2. The molecule has 1 fully saturated rings. The second-order valence-electron chi connectivity index (χ2n) is 6.73. The Hall–Kier alpha value is -2.17. The summed E-state index contributed by atoms with van der Waals surface area (Å²) in [4.78, 5) is 29.8. The molecule has 1 saturated carbocycles. The normalized spacial score (nSPS) is 20.9. The van der Waals surface area contributed by atoms with Gasteiger partial charge in [-0.2, -0.15) is 0 Å². The Labute approximate surface area is 142 Å². The molecule has 1 aromatic heterocycles. The van der Waals surface area contributed by atoms with Crippen molar-refractivity contribution in [2.45, 2.75) is 58.5 Å². The van der Waals surface area contributed by atoms with Gasteiger partial charge in [-0.15, -0.1) is 0 Å². The van der Waals surface area contributed by atoms with Gasteiger partial charge < -0.3 is 5.32 Å². The van der Waals surface area contributed by atoms with Crippen molar-refractivity contribution in [1.29, 1.82) is 0 Å². The molecule has 1 aromatic carbocycles. The first-order valence-electron chi connectivity index (χ1n) is 8.88.